The summed E-state index contributed by atoms with van der Waals surface area (Å²) in [5.41, 5.74) is 1.64. The summed E-state index contributed by atoms with van der Waals surface area (Å²) in [6.07, 6.45) is 4.10. The number of carbonyl (C=O) groups excluding carboxylic acids is 1. The van der Waals surface area contributed by atoms with Crippen LogP contribution in [0.1, 0.15) is 55.8 Å². The molecule has 2 aromatic rings. The highest BCUT2D eigenvalue weighted by Gasteiger charge is 2.35. The zero-order chi connectivity index (χ0) is 22.5. The molecule has 0 bridgehead atoms. The third-order valence-electron chi connectivity index (χ3n) is 6.59. The maximum Gasteiger partial charge on any atom is 0.230 e. The normalized spacial score (nSPS) is 21.5. The zero-order valence-corrected chi connectivity index (χ0v) is 19.9. The van der Waals surface area contributed by atoms with Crippen LogP contribution in [0.2, 0.25) is 5.02 Å². The summed E-state index contributed by atoms with van der Waals surface area (Å²) in [5.74, 6) is -0.383. The number of hydrogen-bond acceptors (Lipinski definition) is 4. The largest absolute Gasteiger partial charge is 0.393 e. The van der Waals surface area contributed by atoms with E-state index < -0.39 is 18.1 Å². The molecule has 31 heavy (non-hydrogen) atoms. The summed E-state index contributed by atoms with van der Waals surface area (Å²) in [5, 5.41) is 21.9. The molecule has 1 aliphatic carbocycles. The zero-order valence-electron chi connectivity index (χ0n) is 18.4. The number of nitrogens with zero attached hydrogens (tertiary/aromatic N) is 1. The Kier molecular flexibility index (Phi) is 8.45. The molecule has 1 saturated carbocycles. The molecule has 0 aromatic heterocycles. The maximum atomic E-state index is 13.7. The minimum absolute atomic E-state index is 0.0606. The average molecular weight is 462 g/mol. The summed E-state index contributed by atoms with van der Waals surface area (Å²) >= 11 is 8.03. The third-order valence-corrected chi connectivity index (χ3v) is 7.81. The van der Waals surface area contributed by atoms with Crippen LogP contribution in [0.4, 0.5) is 0 Å². The highest BCUT2D eigenvalue weighted by Crippen LogP contribution is 2.38. The van der Waals surface area contributed by atoms with Gasteiger partial charge in [0.15, 0.2) is 0 Å². The minimum Gasteiger partial charge on any atom is -0.393 e. The molecule has 5 unspecified atom stereocenters. The number of thioether (sulfide) groups is 1. The van der Waals surface area contributed by atoms with Crippen LogP contribution < -0.4 is 0 Å². The standard InChI is InChI=1S/C25H32ClNO3S/c1-16(24(29)17-8-5-4-6-9-17)27(2)25(30)20(14-19-10-7-11-22(19)28)18-12-13-23(31-3)21(26)15-18/h4-6,8-9,12-13,15-16,19-20,22,24,28-29H,7,10-11,14H2,1-3H3. The second kappa shape index (κ2) is 10.9. The van der Waals surface area contributed by atoms with Crippen molar-refractivity contribution in [3.63, 3.8) is 0 Å². The van der Waals surface area contributed by atoms with Crippen molar-refractivity contribution < 1.29 is 15.0 Å². The molecule has 0 saturated heterocycles. The van der Waals surface area contributed by atoms with Crippen molar-refractivity contribution in [1.29, 1.82) is 0 Å². The molecule has 1 amide bonds. The fourth-order valence-electron chi connectivity index (χ4n) is 4.46. The van der Waals surface area contributed by atoms with E-state index >= 15 is 0 Å². The summed E-state index contributed by atoms with van der Waals surface area (Å²) in [6.45, 7) is 1.86. The molecule has 2 N–H and O–H groups in total. The lowest BCUT2D eigenvalue weighted by Gasteiger charge is -2.33. The topological polar surface area (TPSA) is 60.8 Å². The van der Waals surface area contributed by atoms with Crippen molar-refractivity contribution >= 4 is 29.3 Å². The number of amides is 1. The van der Waals surface area contributed by atoms with Crippen molar-refractivity contribution in [2.45, 2.75) is 61.7 Å². The van der Waals surface area contributed by atoms with Gasteiger partial charge >= 0.3 is 0 Å². The molecule has 0 spiro atoms. The average Bonchev–Trinajstić information content (AvgIpc) is 3.20. The van der Waals surface area contributed by atoms with Gasteiger partial charge in [0.05, 0.1) is 29.2 Å². The highest BCUT2D eigenvalue weighted by atomic mass is 35.5. The molecule has 1 aliphatic rings. The van der Waals surface area contributed by atoms with E-state index in [1.807, 2.05) is 61.7 Å². The Labute approximate surface area is 194 Å². The molecule has 6 heteroatoms. The van der Waals surface area contributed by atoms with Crippen molar-refractivity contribution in [2.75, 3.05) is 13.3 Å². The molecule has 3 rings (SSSR count). The van der Waals surface area contributed by atoms with Crippen LogP contribution in [-0.2, 0) is 4.79 Å². The fourth-order valence-corrected chi connectivity index (χ4v) is 5.34. The van der Waals surface area contributed by atoms with E-state index in [4.69, 9.17) is 11.6 Å². The van der Waals surface area contributed by atoms with Crippen molar-refractivity contribution in [3.8, 4) is 0 Å². The first-order chi connectivity index (χ1) is 14.8. The predicted octanol–water partition coefficient (Wildman–Crippen LogP) is 5.28. The Morgan fingerprint density at radius 3 is 2.48 bits per heavy atom. The Bertz CT molecular complexity index is 878. The van der Waals surface area contributed by atoms with Crippen LogP contribution in [0.5, 0.6) is 0 Å². The molecule has 1 fully saturated rings. The number of carbonyl (C=O) groups is 1. The Morgan fingerprint density at radius 2 is 1.90 bits per heavy atom. The van der Waals surface area contributed by atoms with E-state index in [2.05, 4.69) is 0 Å². The van der Waals surface area contributed by atoms with Crippen LogP contribution in [0.25, 0.3) is 0 Å². The van der Waals surface area contributed by atoms with E-state index in [1.165, 1.54) is 0 Å². The molecule has 168 valence electrons. The van der Waals surface area contributed by atoms with E-state index in [1.54, 1.807) is 23.7 Å². The van der Waals surface area contributed by atoms with Crippen LogP contribution in [0.15, 0.2) is 53.4 Å². The molecule has 2 aromatic carbocycles. The van der Waals surface area contributed by atoms with Crippen LogP contribution in [0.3, 0.4) is 0 Å². The summed E-state index contributed by atoms with van der Waals surface area (Å²) in [7, 11) is 1.75. The quantitative estimate of drug-likeness (QED) is 0.525. The maximum absolute atomic E-state index is 13.7. The number of hydrogen-bond donors (Lipinski definition) is 2. The van der Waals surface area contributed by atoms with E-state index in [-0.39, 0.29) is 17.9 Å². The molecule has 4 nitrogen and oxygen atoms in total. The van der Waals surface area contributed by atoms with Gasteiger partial charge in [-0.2, -0.15) is 0 Å². The summed E-state index contributed by atoms with van der Waals surface area (Å²) < 4.78 is 0. The molecular weight excluding hydrogens is 430 g/mol. The van der Waals surface area contributed by atoms with Gasteiger partial charge in [-0.05, 0) is 61.6 Å². The van der Waals surface area contributed by atoms with Gasteiger partial charge < -0.3 is 15.1 Å². The SMILES string of the molecule is CSc1ccc(C(CC2CCCC2O)C(=O)N(C)C(C)C(O)c2ccccc2)cc1Cl. The van der Waals surface area contributed by atoms with Crippen molar-refractivity contribution in [2.24, 2.45) is 5.92 Å². The molecular formula is C25H32ClNO3S. The second-order valence-corrected chi connectivity index (χ2v) is 9.74. The number of aliphatic hydroxyl groups is 2. The number of halogens is 1. The summed E-state index contributed by atoms with van der Waals surface area (Å²) in [6, 6.07) is 14.8. The first-order valence-electron chi connectivity index (χ1n) is 10.8. The Morgan fingerprint density at radius 1 is 1.19 bits per heavy atom. The smallest absolute Gasteiger partial charge is 0.230 e. The highest BCUT2D eigenvalue weighted by molar-refractivity contribution is 7.98. The van der Waals surface area contributed by atoms with Gasteiger partial charge in [-0.15, -0.1) is 11.8 Å². The molecule has 0 aliphatic heterocycles. The lowest BCUT2D eigenvalue weighted by atomic mass is 9.85. The molecule has 0 heterocycles. The molecule has 0 radical (unpaired) electrons. The summed E-state index contributed by atoms with van der Waals surface area (Å²) in [4.78, 5) is 16.3. The van der Waals surface area contributed by atoms with E-state index in [0.29, 0.717) is 11.4 Å². The Balaban J connectivity index is 1.86. The van der Waals surface area contributed by atoms with Crippen LogP contribution in [0, 0.1) is 5.92 Å². The van der Waals surface area contributed by atoms with Gasteiger partial charge in [0, 0.05) is 11.9 Å². The predicted molar refractivity (Wildman–Crippen MR) is 128 cm³/mol. The van der Waals surface area contributed by atoms with Crippen LogP contribution >= 0.6 is 23.4 Å². The van der Waals surface area contributed by atoms with Gasteiger partial charge in [-0.25, -0.2) is 0 Å². The van der Waals surface area contributed by atoms with Gasteiger partial charge in [0.2, 0.25) is 5.91 Å². The van der Waals surface area contributed by atoms with Crippen molar-refractivity contribution in [1.82, 2.24) is 4.90 Å². The third kappa shape index (κ3) is 5.64. The minimum atomic E-state index is -0.782. The Hall–Kier alpha value is -1.53. The lowest BCUT2D eigenvalue weighted by Crippen LogP contribution is -2.42. The fraction of sp³-hybridized carbons (Fsp3) is 0.480. The lowest BCUT2D eigenvalue weighted by molar-refractivity contribution is -0.136. The number of benzene rings is 2. The van der Waals surface area contributed by atoms with E-state index in [9.17, 15) is 15.0 Å². The van der Waals surface area contributed by atoms with Gasteiger partial charge in [0.25, 0.3) is 0 Å². The van der Waals surface area contributed by atoms with Crippen LogP contribution in [-0.4, -0.2) is 46.5 Å². The monoisotopic (exact) mass is 461 g/mol. The number of aliphatic hydroxyl groups excluding tert-OH is 2. The first-order valence-corrected chi connectivity index (χ1v) is 12.4. The van der Waals surface area contributed by atoms with Crippen molar-refractivity contribution in [3.05, 3.63) is 64.7 Å². The second-order valence-electron chi connectivity index (χ2n) is 8.49. The van der Waals surface area contributed by atoms with Gasteiger partial charge in [-0.1, -0.05) is 54.4 Å². The number of likely N-dealkylation sites (N-methyl/N-ethyl adjacent to an activating group) is 1. The first kappa shape index (κ1) is 24.1. The van der Waals surface area contributed by atoms with E-state index in [0.717, 1.165) is 35.3 Å². The number of rotatable bonds is 8. The van der Waals surface area contributed by atoms with Gasteiger partial charge in [0.1, 0.15) is 0 Å². The molecule has 5 atom stereocenters. The van der Waals surface area contributed by atoms with Gasteiger partial charge in [-0.3, -0.25) is 4.79 Å².